The summed E-state index contributed by atoms with van der Waals surface area (Å²) in [5.74, 6) is 0. The zero-order valence-electron chi connectivity index (χ0n) is 10.3. The number of aliphatic hydroxyl groups excluding tert-OH is 1. The lowest BCUT2D eigenvalue weighted by Gasteiger charge is -2.31. The fourth-order valence-electron chi connectivity index (χ4n) is 2.03. The molecular weight excluding hydrogens is 214 g/mol. The van der Waals surface area contributed by atoms with Crippen LogP contribution in [0.15, 0.2) is 34.9 Å². The van der Waals surface area contributed by atoms with E-state index in [1.54, 1.807) is 6.26 Å². The predicted octanol–water partition coefficient (Wildman–Crippen LogP) is 2.84. The van der Waals surface area contributed by atoms with Crippen molar-refractivity contribution in [2.45, 2.75) is 26.4 Å². The molecule has 0 spiro atoms. The van der Waals surface area contributed by atoms with Crippen molar-refractivity contribution in [3.8, 4) is 0 Å². The van der Waals surface area contributed by atoms with Gasteiger partial charge in [-0.3, -0.25) is 0 Å². The molecule has 3 N–H and O–H groups in total. The van der Waals surface area contributed by atoms with Crippen LogP contribution < -0.4 is 5.73 Å². The highest BCUT2D eigenvalue weighted by atomic mass is 16.3. The fourth-order valence-corrected chi connectivity index (χ4v) is 2.03. The number of hydrogen-bond donors (Lipinski definition) is 2. The average Bonchev–Trinajstić information content (AvgIpc) is 2.80. The van der Waals surface area contributed by atoms with E-state index in [4.69, 9.17) is 10.2 Å². The van der Waals surface area contributed by atoms with E-state index in [-0.39, 0.29) is 5.41 Å². The minimum atomic E-state index is -0.596. The van der Waals surface area contributed by atoms with Gasteiger partial charge < -0.3 is 15.3 Å². The Kier molecular flexibility index (Phi) is 3.22. The first-order valence-electron chi connectivity index (χ1n) is 5.96. The lowest BCUT2D eigenvalue weighted by molar-refractivity contribution is 0.0397. The van der Waals surface area contributed by atoms with Gasteiger partial charge in [0.25, 0.3) is 0 Å². The summed E-state index contributed by atoms with van der Waals surface area (Å²) in [4.78, 5) is 0. The molecule has 2 atom stereocenters. The smallest absolute Gasteiger partial charge is 0.134 e. The first kappa shape index (κ1) is 12.1. The third-order valence-corrected chi connectivity index (χ3v) is 3.74. The molecule has 0 aliphatic carbocycles. The largest absolute Gasteiger partial charge is 0.464 e. The van der Waals surface area contributed by atoms with Gasteiger partial charge in [-0.25, -0.2) is 0 Å². The number of rotatable bonds is 4. The molecule has 1 aromatic heterocycles. The number of furan rings is 1. The molecule has 17 heavy (non-hydrogen) atoms. The fraction of sp³-hybridized carbons (Fsp3) is 0.429. The molecule has 0 saturated carbocycles. The summed E-state index contributed by atoms with van der Waals surface area (Å²) >= 11 is 0. The van der Waals surface area contributed by atoms with Crippen LogP contribution in [0, 0.1) is 5.41 Å². The average molecular weight is 233 g/mol. The van der Waals surface area contributed by atoms with E-state index in [9.17, 15) is 5.11 Å². The molecule has 1 heterocycles. The Labute approximate surface area is 101 Å². The number of para-hydroxylation sites is 1. The summed E-state index contributed by atoms with van der Waals surface area (Å²) in [5, 5.41) is 11.5. The Morgan fingerprint density at radius 2 is 2.12 bits per heavy atom. The van der Waals surface area contributed by atoms with Crippen LogP contribution in [0.2, 0.25) is 0 Å². The number of nitrogens with two attached hydrogens (primary N) is 1. The van der Waals surface area contributed by atoms with E-state index in [1.807, 2.05) is 38.1 Å². The van der Waals surface area contributed by atoms with E-state index in [0.717, 1.165) is 23.0 Å². The van der Waals surface area contributed by atoms with Crippen molar-refractivity contribution in [1.29, 1.82) is 0 Å². The van der Waals surface area contributed by atoms with Gasteiger partial charge in [0.05, 0.1) is 12.4 Å². The summed E-state index contributed by atoms with van der Waals surface area (Å²) in [6.07, 6.45) is 1.87. The van der Waals surface area contributed by atoms with Crippen molar-refractivity contribution in [2.24, 2.45) is 11.1 Å². The molecule has 0 fully saturated rings. The first-order chi connectivity index (χ1) is 8.12. The van der Waals surface area contributed by atoms with Crippen LogP contribution >= 0.6 is 0 Å². The van der Waals surface area contributed by atoms with Gasteiger partial charge in [-0.15, -0.1) is 0 Å². The van der Waals surface area contributed by atoms with Crippen LogP contribution in [0.4, 0.5) is 0 Å². The highest BCUT2D eigenvalue weighted by molar-refractivity contribution is 5.81. The minimum Gasteiger partial charge on any atom is -0.464 e. The molecule has 1 aromatic carbocycles. The van der Waals surface area contributed by atoms with E-state index in [1.165, 1.54) is 0 Å². The molecule has 92 valence electrons. The van der Waals surface area contributed by atoms with Gasteiger partial charge in [-0.05, 0) is 12.5 Å². The Morgan fingerprint density at radius 3 is 2.76 bits per heavy atom. The second kappa shape index (κ2) is 4.51. The summed E-state index contributed by atoms with van der Waals surface area (Å²) < 4.78 is 5.45. The molecule has 0 radical (unpaired) electrons. The van der Waals surface area contributed by atoms with E-state index >= 15 is 0 Å². The molecule has 2 aromatic rings. The van der Waals surface area contributed by atoms with E-state index in [2.05, 4.69) is 0 Å². The quantitative estimate of drug-likeness (QED) is 0.853. The number of fused-ring (bicyclic) bond motifs is 1. The molecule has 0 bridgehead atoms. The van der Waals surface area contributed by atoms with Crippen LogP contribution in [0.1, 0.15) is 31.9 Å². The maximum absolute atomic E-state index is 10.5. The van der Waals surface area contributed by atoms with Crippen LogP contribution in [-0.4, -0.2) is 11.7 Å². The Hall–Kier alpha value is -1.32. The zero-order valence-corrected chi connectivity index (χ0v) is 10.3. The van der Waals surface area contributed by atoms with Crippen molar-refractivity contribution in [3.05, 3.63) is 36.1 Å². The van der Waals surface area contributed by atoms with Crippen LogP contribution in [-0.2, 0) is 0 Å². The van der Waals surface area contributed by atoms with Gasteiger partial charge in [0.2, 0.25) is 0 Å². The van der Waals surface area contributed by atoms with Crippen molar-refractivity contribution >= 4 is 11.0 Å². The molecule has 0 aliphatic rings. The zero-order chi connectivity index (χ0) is 12.5. The molecule has 0 saturated heterocycles. The lowest BCUT2D eigenvalue weighted by Crippen LogP contribution is -2.33. The van der Waals surface area contributed by atoms with Crippen molar-refractivity contribution < 1.29 is 9.52 Å². The monoisotopic (exact) mass is 233 g/mol. The third kappa shape index (κ3) is 1.96. The number of benzene rings is 1. The summed E-state index contributed by atoms with van der Waals surface area (Å²) in [5.41, 5.74) is 7.10. The van der Waals surface area contributed by atoms with Crippen molar-refractivity contribution in [3.63, 3.8) is 0 Å². The molecule has 3 nitrogen and oxygen atoms in total. The Bertz CT molecular complexity index is 500. The maximum Gasteiger partial charge on any atom is 0.134 e. The molecule has 0 aliphatic heterocycles. The van der Waals surface area contributed by atoms with Gasteiger partial charge >= 0.3 is 0 Å². The first-order valence-corrected chi connectivity index (χ1v) is 5.96. The molecule has 0 amide bonds. The lowest BCUT2D eigenvalue weighted by atomic mass is 9.78. The third-order valence-electron chi connectivity index (χ3n) is 3.74. The van der Waals surface area contributed by atoms with Gasteiger partial charge in [0, 0.05) is 22.9 Å². The topological polar surface area (TPSA) is 59.4 Å². The Morgan fingerprint density at radius 1 is 1.41 bits per heavy atom. The molecular formula is C14H19NO2. The second-order valence-corrected chi connectivity index (χ2v) is 4.80. The predicted molar refractivity (Wildman–Crippen MR) is 68.6 cm³/mol. The van der Waals surface area contributed by atoms with Crippen LogP contribution in [0.3, 0.4) is 0 Å². The summed E-state index contributed by atoms with van der Waals surface area (Å²) in [7, 11) is 0. The minimum absolute atomic E-state index is 0.313. The van der Waals surface area contributed by atoms with Crippen LogP contribution in [0.5, 0.6) is 0 Å². The number of aliphatic hydroxyl groups is 1. The SMILES string of the molecule is CCC(C)(CN)C(O)c1coc2ccccc12. The normalized spacial score (nSPS) is 16.9. The molecule has 2 rings (SSSR count). The highest BCUT2D eigenvalue weighted by Crippen LogP contribution is 2.39. The standard InChI is InChI=1S/C14H19NO2/c1-3-14(2,9-15)13(16)11-8-17-12-7-5-4-6-10(11)12/h4-8,13,16H,3,9,15H2,1-2H3. The van der Waals surface area contributed by atoms with Gasteiger partial charge in [0.15, 0.2) is 0 Å². The van der Waals surface area contributed by atoms with Gasteiger partial charge in [0.1, 0.15) is 5.58 Å². The number of hydrogen-bond acceptors (Lipinski definition) is 3. The second-order valence-electron chi connectivity index (χ2n) is 4.80. The van der Waals surface area contributed by atoms with Crippen molar-refractivity contribution in [1.82, 2.24) is 0 Å². The molecule has 3 heteroatoms. The summed E-state index contributed by atoms with van der Waals surface area (Å²) in [6, 6.07) is 7.73. The maximum atomic E-state index is 10.5. The van der Waals surface area contributed by atoms with Crippen molar-refractivity contribution in [2.75, 3.05) is 6.54 Å². The van der Waals surface area contributed by atoms with E-state index in [0.29, 0.717) is 6.54 Å². The molecule has 2 unspecified atom stereocenters. The Balaban J connectivity index is 2.46. The van der Waals surface area contributed by atoms with Crippen LogP contribution in [0.25, 0.3) is 11.0 Å². The van der Waals surface area contributed by atoms with Gasteiger partial charge in [-0.1, -0.05) is 32.0 Å². The van der Waals surface area contributed by atoms with Gasteiger partial charge in [-0.2, -0.15) is 0 Å². The summed E-state index contributed by atoms with van der Waals surface area (Å²) in [6.45, 7) is 4.49. The van der Waals surface area contributed by atoms with E-state index < -0.39 is 6.10 Å². The highest BCUT2D eigenvalue weighted by Gasteiger charge is 2.32.